The van der Waals surface area contributed by atoms with Crippen LogP contribution < -0.4 is 4.31 Å². The standard InChI is InChI=1S/C25H34FN3O4S/c1-8-19-15-20(33-25(4,5)32-19)13-14-21-22(16(2)3)27-24(29(6)34(7,30)31)28-23(21)17-9-11-18(26)12-10-17/h9-14,16,19-20H,8,15H2,1-7H3/b14-13+/t19-,20+/m0/s1. The first-order chi connectivity index (χ1) is 15.8. The average molecular weight is 492 g/mol. The summed E-state index contributed by atoms with van der Waals surface area (Å²) in [4.78, 5) is 9.21. The van der Waals surface area contributed by atoms with Gasteiger partial charge in [-0.2, -0.15) is 0 Å². The van der Waals surface area contributed by atoms with Crippen molar-refractivity contribution in [1.82, 2.24) is 9.97 Å². The molecule has 2 atom stereocenters. The number of aromatic nitrogens is 2. The Morgan fingerprint density at radius 1 is 1.21 bits per heavy atom. The molecule has 2 aromatic rings. The number of halogens is 1. The first-order valence-electron chi connectivity index (χ1n) is 11.5. The van der Waals surface area contributed by atoms with E-state index in [0.717, 1.165) is 29.0 Å². The van der Waals surface area contributed by atoms with Gasteiger partial charge in [0.2, 0.25) is 16.0 Å². The van der Waals surface area contributed by atoms with E-state index in [2.05, 4.69) is 16.9 Å². The normalized spacial score (nSPS) is 20.7. The molecule has 0 bridgehead atoms. The molecule has 1 aromatic carbocycles. The molecule has 1 saturated heterocycles. The lowest BCUT2D eigenvalue weighted by Gasteiger charge is -2.39. The van der Waals surface area contributed by atoms with Crippen LogP contribution in [0.1, 0.15) is 64.6 Å². The predicted molar refractivity (Wildman–Crippen MR) is 133 cm³/mol. The van der Waals surface area contributed by atoms with Gasteiger partial charge in [-0.1, -0.05) is 32.9 Å². The van der Waals surface area contributed by atoms with E-state index in [0.29, 0.717) is 17.0 Å². The van der Waals surface area contributed by atoms with Crippen LogP contribution in [0.2, 0.25) is 0 Å². The van der Waals surface area contributed by atoms with Gasteiger partial charge >= 0.3 is 0 Å². The maximum Gasteiger partial charge on any atom is 0.239 e. The van der Waals surface area contributed by atoms with Gasteiger partial charge in [0.15, 0.2) is 5.79 Å². The SMILES string of the molecule is CC[C@H]1C[C@@H](/C=C/c2c(-c3ccc(F)cc3)nc(N(C)S(C)(=O)=O)nc2C(C)C)OC(C)(C)O1. The molecule has 1 aliphatic rings. The van der Waals surface area contributed by atoms with Gasteiger partial charge in [-0.05, 0) is 50.5 Å². The van der Waals surface area contributed by atoms with Crippen LogP contribution in [0, 0.1) is 5.82 Å². The Morgan fingerprint density at radius 3 is 2.41 bits per heavy atom. The van der Waals surface area contributed by atoms with Crippen molar-refractivity contribution in [2.75, 3.05) is 17.6 Å². The summed E-state index contributed by atoms with van der Waals surface area (Å²) in [6.07, 6.45) is 6.52. The highest BCUT2D eigenvalue weighted by Gasteiger charge is 2.33. The Morgan fingerprint density at radius 2 is 1.85 bits per heavy atom. The van der Waals surface area contributed by atoms with Gasteiger partial charge < -0.3 is 9.47 Å². The maximum absolute atomic E-state index is 13.6. The molecule has 0 unspecified atom stereocenters. The number of hydrogen-bond acceptors (Lipinski definition) is 6. The first-order valence-corrected chi connectivity index (χ1v) is 13.3. The van der Waals surface area contributed by atoms with Crippen LogP contribution in [0.5, 0.6) is 0 Å². The maximum atomic E-state index is 13.6. The van der Waals surface area contributed by atoms with Crippen molar-refractivity contribution in [2.45, 2.75) is 71.4 Å². The van der Waals surface area contributed by atoms with E-state index in [1.807, 2.05) is 39.8 Å². The van der Waals surface area contributed by atoms with E-state index in [1.165, 1.54) is 19.2 Å². The predicted octanol–water partition coefficient (Wildman–Crippen LogP) is 5.14. The molecule has 0 saturated carbocycles. The van der Waals surface area contributed by atoms with Crippen molar-refractivity contribution < 1.29 is 22.3 Å². The highest BCUT2D eigenvalue weighted by Crippen LogP contribution is 2.33. The molecular formula is C25H34FN3O4S. The molecule has 0 aliphatic carbocycles. The van der Waals surface area contributed by atoms with Crippen molar-refractivity contribution in [3.63, 3.8) is 0 Å². The third kappa shape index (κ3) is 6.20. The Bertz CT molecular complexity index is 1150. The Balaban J connectivity index is 2.16. The molecule has 9 heteroatoms. The summed E-state index contributed by atoms with van der Waals surface area (Å²) in [6, 6.07) is 5.97. The van der Waals surface area contributed by atoms with E-state index in [1.54, 1.807) is 12.1 Å². The number of anilines is 1. The third-order valence-corrected chi connectivity index (χ3v) is 6.88. The van der Waals surface area contributed by atoms with Crippen LogP contribution in [0.15, 0.2) is 30.3 Å². The van der Waals surface area contributed by atoms with Gasteiger partial charge in [0.05, 0.1) is 29.9 Å². The molecule has 0 N–H and O–H groups in total. The van der Waals surface area contributed by atoms with E-state index in [4.69, 9.17) is 9.47 Å². The van der Waals surface area contributed by atoms with Crippen LogP contribution in [-0.4, -0.2) is 49.7 Å². The Labute approximate surface area is 202 Å². The molecule has 3 rings (SSSR count). The minimum absolute atomic E-state index is 0.0241. The summed E-state index contributed by atoms with van der Waals surface area (Å²) in [6.45, 7) is 9.86. The Hall–Kier alpha value is -2.36. The molecule has 0 spiro atoms. The second kappa shape index (κ2) is 10.1. The van der Waals surface area contributed by atoms with Crippen molar-refractivity contribution >= 4 is 22.0 Å². The van der Waals surface area contributed by atoms with Crippen molar-refractivity contribution in [3.8, 4) is 11.3 Å². The Kier molecular flexibility index (Phi) is 7.79. The fourth-order valence-corrected chi connectivity index (χ4v) is 4.29. The number of benzene rings is 1. The average Bonchev–Trinajstić information content (AvgIpc) is 2.75. The van der Waals surface area contributed by atoms with Gasteiger partial charge in [-0.25, -0.2) is 27.1 Å². The summed E-state index contributed by atoms with van der Waals surface area (Å²) in [5.74, 6) is -1.02. The monoisotopic (exact) mass is 491 g/mol. The molecule has 1 fully saturated rings. The minimum Gasteiger partial charge on any atom is -0.347 e. The van der Waals surface area contributed by atoms with Crippen LogP contribution in [0.3, 0.4) is 0 Å². The number of nitrogens with zero attached hydrogens (tertiary/aromatic N) is 3. The summed E-state index contributed by atoms with van der Waals surface area (Å²) >= 11 is 0. The van der Waals surface area contributed by atoms with Gasteiger partial charge in [-0.3, -0.25) is 0 Å². The van der Waals surface area contributed by atoms with Crippen LogP contribution >= 0.6 is 0 Å². The second-order valence-corrected chi connectivity index (χ2v) is 11.4. The zero-order valence-corrected chi connectivity index (χ0v) is 21.7. The lowest BCUT2D eigenvalue weighted by atomic mass is 9.97. The molecule has 186 valence electrons. The van der Waals surface area contributed by atoms with E-state index in [-0.39, 0.29) is 29.9 Å². The van der Waals surface area contributed by atoms with Crippen molar-refractivity contribution in [1.29, 1.82) is 0 Å². The topological polar surface area (TPSA) is 81.6 Å². The first kappa shape index (κ1) is 26.2. The molecule has 1 aliphatic heterocycles. The summed E-state index contributed by atoms with van der Waals surface area (Å²) in [5.41, 5.74) is 2.62. The molecule has 0 amide bonds. The molecule has 34 heavy (non-hydrogen) atoms. The number of rotatable bonds is 7. The molecule has 0 radical (unpaired) electrons. The highest BCUT2D eigenvalue weighted by atomic mass is 32.2. The van der Waals surface area contributed by atoms with E-state index < -0.39 is 15.8 Å². The molecular weight excluding hydrogens is 457 g/mol. The van der Waals surface area contributed by atoms with Gasteiger partial charge in [-0.15, -0.1) is 0 Å². The quantitative estimate of drug-likeness (QED) is 0.534. The minimum atomic E-state index is -3.57. The van der Waals surface area contributed by atoms with Gasteiger partial charge in [0.1, 0.15) is 5.82 Å². The second-order valence-electron chi connectivity index (χ2n) is 9.36. The third-order valence-electron chi connectivity index (χ3n) is 5.72. The number of ether oxygens (including phenoxy) is 2. The fraction of sp³-hybridized carbons (Fsp3) is 0.520. The smallest absolute Gasteiger partial charge is 0.239 e. The lowest BCUT2D eigenvalue weighted by Crippen LogP contribution is -2.43. The molecule has 1 aromatic heterocycles. The zero-order chi connectivity index (χ0) is 25.3. The largest absolute Gasteiger partial charge is 0.347 e. The van der Waals surface area contributed by atoms with Crippen molar-refractivity contribution in [2.24, 2.45) is 0 Å². The van der Waals surface area contributed by atoms with Crippen LogP contribution in [0.4, 0.5) is 10.3 Å². The van der Waals surface area contributed by atoms with Crippen LogP contribution in [-0.2, 0) is 19.5 Å². The van der Waals surface area contributed by atoms with Gasteiger partial charge in [0, 0.05) is 24.6 Å². The summed E-state index contributed by atoms with van der Waals surface area (Å²) in [7, 11) is -2.15. The zero-order valence-electron chi connectivity index (χ0n) is 20.9. The summed E-state index contributed by atoms with van der Waals surface area (Å²) in [5, 5.41) is 0. The number of hydrogen-bond donors (Lipinski definition) is 0. The fourth-order valence-electron chi connectivity index (χ4n) is 3.92. The van der Waals surface area contributed by atoms with Crippen LogP contribution in [0.25, 0.3) is 17.3 Å². The summed E-state index contributed by atoms with van der Waals surface area (Å²) < 4.78 is 51.2. The van der Waals surface area contributed by atoms with Crippen molar-refractivity contribution in [3.05, 3.63) is 47.4 Å². The molecule has 7 nitrogen and oxygen atoms in total. The number of sulfonamides is 1. The van der Waals surface area contributed by atoms with E-state index in [9.17, 15) is 12.8 Å². The van der Waals surface area contributed by atoms with Gasteiger partial charge in [0.25, 0.3) is 0 Å². The molecule has 2 heterocycles. The highest BCUT2D eigenvalue weighted by molar-refractivity contribution is 7.92. The van der Waals surface area contributed by atoms with E-state index >= 15 is 0 Å². The lowest BCUT2D eigenvalue weighted by molar-refractivity contribution is -0.290.